The lowest BCUT2D eigenvalue weighted by Crippen LogP contribution is -2.61. The molecule has 4 aromatic carbocycles. The summed E-state index contributed by atoms with van der Waals surface area (Å²) >= 11 is 0. The molecule has 0 bridgehead atoms. The van der Waals surface area contributed by atoms with Gasteiger partial charge in [-0.2, -0.15) is 0 Å². The van der Waals surface area contributed by atoms with Crippen LogP contribution in [-0.2, 0) is 30.3 Å². The molecule has 9 nitrogen and oxygen atoms in total. The zero-order chi connectivity index (χ0) is 33.6. The molecule has 1 heterocycles. The molecule has 5 rings (SSSR count). The number of nitrogens with zero attached hydrogens (tertiary/aromatic N) is 1. The molecule has 1 saturated heterocycles. The Kier molecular flexibility index (Phi) is 10.2. The van der Waals surface area contributed by atoms with Crippen LogP contribution in [0.3, 0.4) is 0 Å². The van der Waals surface area contributed by atoms with Gasteiger partial charge in [-0.3, -0.25) is 9.59 Å². The smallest absolute Gasteiger partial charge is 0.331 e. The van der Waals surface area contributed by atoms with E-state index in [1.807, 2.05) is 104 Å². The van der Waals surface area contributed by atoms with Crippen LogP contribution in [0.5, 0.6) is 0 Å². The molecular formula is C38H41N3O6. The second-order valence-electron chi connectivity index (χ2n) is 12.3. The largest absolute Gasteiger partial charge is 0.480 e. The van der Waals surface area contributed by atoms with Gasteiger partial charge < -0.3 is 25.4 Å². The molecule has 9 heteroatoms. The summed E-state index contributed by atoms with van der Waals surface area (Å²) < 4.78 is 5.14. The van der Waals surface area contributed by atoms with Crippen LogP contribution >= 0.6 is 0 Å². The number of carbonyl (C=O) groups excluding carboxylic acids is 3. The van der Waals surface area contributed by atoms with E-state index in [0.29, 0.717) is 25.9 Å². The second kappa shape index (κ2) is 14.5. The zero-order valence-electron chi connectivity index (χ0n) is 26.9. The van der Waals surface area contributed by atoms with Crippen molar-refractivity contribution in [2.75, 3.05) is 25.1 Å². The number of anilines is 1. The standard InChI is InChI=1S/C38H41N3O6/c1-25(28-10-5-4-6-11-28)35(43)40-38(37(46)47-3)18-20-41(21-19-38)32-15-9-14-30(24-32)26(2)34(42)39-33(36(44)45)23-27-16-17-29-12-7-8-13-31(29)22-27/h4-17,22,24-26,33H,18-21,23H2,1-3H3,(H,39,42)(H,40,43)(H,44,45)/t25?,26?,33-/m0/s1. The summed E-state index contributed by atoms with van der Waals surface area (Å²) in [5.41, 5.74) is 2.15. The average Bonchev–Trinajstić information content (AvgIpc) is 3.10. The first-order valence-electron chi connectivity index (χ1n) is 15.9. The summed E-state index contributed by atoms with van der Waals surface area (Å²) in [6.07, 6.45) is 0.861. The van der Waals surface area contributed by atoms with Crippen LogP contribution in [0.25, 0.3) is 10.8 Å². The first-order valence-corrected chi connectivity index (χ1v) is 15.9. The molecule has 1 fully saturated rings. The van der Waals surface area contributed by atoms with E-state index in [0.717, 1.165) is 33.2 Å². The van der Waals surface area contributed by atoms with Crippen molar-refractivity contribution in [3.8, 4) is 0 Å². The number of carboxylic acid groups (broad SMARTS) is 1. The Balaban J connectivity index is 1.24. The SMILES string of the molecule is COC(=O)C1(NC(=O)C(C)c2ccccc2)CCN(c2cccc(C(C)C(=O)N[C@@H](Cc3ccc4ccccc4c3)C(=O)O)c2)CC1. The normalized spacial score (nSPS) is 16.0. The van der Waals surface area contributed by atoms with E-state index in [9.17, 15) is 24.3 Å². The van der Waals surface area contributed by atoms with Crippen molar-refractivity contribution < 1.29 is 29.0 Å². The summed E-state index contributed by atoms with van der Waals surface area (Å²) in [7, 11) is 1.33. The van der Waals surface area contributed by atoms with Gasteiger partial charge in [0.1, 0.15) is 11.6 Å². The van der Waals surface area contributed by atoms with Gasteiger partial charge in [-0.15, -0.1) is 0 Å². The maximum atomic E-state index is 13.3. The number of aliphatic carboxylic acids is 1. The number of ether oxygens (including phenoxy) is 1. The lowest BCUT2D eigenvalue weighted by atomic mass is 9.85. The number of hydrogen-bond donors (Lipinski definition) is 3. The predicted octanol–water partition coefficient (Wildman–Crippen LogP) is 5.19. The van der Waals surface area contributed by atoms with E-state index in [4.69, 9.17) is 4.74 Å². The lowest BCUT2D eigenvalue weighted by molar-refractivity contribution is -0.152. The zero-order valence-corrected chi connectivity index (χ0v) is 26.9. The van der Waals surface area contributed by atoms with Gasteiger partial charge in [0.05, 0.1) is 18.9 Å². The fourth-order valence-corrected chi connectivity index (χ4v) is 6.20. The van der Waals surface area contributed by atoms with E-state index in [-0.39, 0.29) is 18.2 Å². The predicted molar refractivity (Wildman–Crippen MR) is 181 cm³/mol. The van der Waals surface area contributed by atoms with Gasteiger partial charge in [-0.25, -0.2) is 9.59 Å². The Morgan fingerprint density at radius 2 is 1.43 bits per heavy atom. The molecule has 2 unspecified atom stereocenters. The van der Waals surface area contributed by atoms with Crippen LogP contribution in [0.4, 0.5) is 5.69 Å². The number of hydrogen-bond acceptors (Lipinski definition) is 6. The second-order valence-corrected chi connectivity index (χ2v) is 12.3. The van der Waals surface area contributed by atoms with E-state index in [1.54, 1.807) is 6.92 Å². The number of rotatable bonds is 11. The maximum absolute atomic E-state index is 13.3. The highest BCUT2D eigenvalue weighted by atomic mass is 16.5. The number of benzene rings is 4. The Hall–Kier alpha value is -5.18. The third-order valence-electron chi connectivity index (χ3n) is 9.25. The van der Waals surface area contributed by atoms with Crippen molar-refractivity contribution in [2.24, 2.45) is 0 Å². The molecular weight excluding hydrogens is 594 g/mol. The number of carboxylic acids is 1. The van der Waals surface area contributed by atoms with Crippen LogP contribution in [0.1, 0.15) is 55.2 Å². The number of carbonyl (C=O) groups is 4. The molecule has 0 spiro atoms. The van der Waals surface area contributed by atoms with Crippen molar-refractivity contribution in [3.63, 3.8) is 0 Å². The molecule has 0 aliphatic carbocycles. The Bertz CT molecular complexity index is 1750. The van der Waals surface area contributed by atoms with Gasteiger partial charge in [-0.1, -0.05) is 84.9 Å². The third-order valence-corrected chi connectivity index (χ3v) is 9.25. The van der Waals surface area contributed by atoms with E-state index in [1.165, 1.54) is 7.11 Å². The van der Waals surface area contributed by atoms with Gasteiger partial charge in [0, 0.05) is 25.2 Å². The fourth-order valence-electron chi connectivity index (χ4n) is 6.20. The molecule has 0 saturated carbocycles. The number of fused-ring (bicyclic) bond motifs is 1. The summed E-state index contributed by atoms with van der Waals surface area (Å²) in [4.78, 5) is 53.8. The van der Waals surface area contributed by atoms with Crippen molar-refractivity contribution >= 4 is 40.2 Å². The van der Waals surface area contributed by atoms with Crippen molar-refractivity contribution in [1.82, 2.24) is 10.6 Å². The van der Waals surface area contributed by atoms with Crippen LogP contribution in [0, 0.1) is 0 Å². The molecule has 1 aliphatic rings. The van der Waals surface area contributed by atoms with E-state index >= 15 is 0 Å². The Morgan fingerprint density at radius 1 is 0.787 bits per heavy atom. The molecule has 4 aromatic rings. The first kappa shape index (κ1) is 33.2. The van der Waals surface area contributed by atoms with Crippen LogP contribution in [0.15, 0.2) is 97.1 Å². The monoisotopic (exact) mass is 635 g/mol. The first-order chi connectivity index (χ1) is 22.6. The van der Waals surface area contributed by atoms with Crippen LogP contribution in [0.2, 0.25) is 0 Å². The quantitative estimate of drug-likeness (QED) is 0.194. The van der Waals surface area contributed by atoms with Gasteiger partial charge >= 0.3 is 11.9 Å². The number of methoxy groups -OCH3 is 1. The number of piperidine rings is 1. The molecule has 47 heavy (non-hydrogen) atoms. The molecule has 0 aromatic heterocycles. The maximum Gasteiger partial charge on any atom is 0.331 e. The van der Waals surface area contributed by atoms with Crippen LogP contribution < -0.4 is 15.5 Å². The van der Waals surface area contributed by atoms with Crippen molar-refractivity contribution in [3.05, 3.63) is 114 Å². The third kappa shape index (κ3) is 7.62. The molecule has 1 aliphatic heterocycles. The minimum absolute atomic E-state index is 0.162. The Morgan fingerprint density at radius 3 is 2.11 bits per heavy atom. The minimum atomic E-state index is -1.15. The van der Waals surface area contributed by atoms with E-state index < -0.39 is 35.4 Å². The molecule has 0 radical (unpaired) electrons. The summed E-state index contributed by atoms with van der Waals surface area (Å²) in [5, 5.41) is 17.7. The number of amides is 2. The van der Waals surface area contributed by atoms with Crippen molar-refractivity contribution in [1.29, 1.82) is 0 Å². The molecule has 3 N–H and O–H groups in total. The topological polar surface area (TPSA) is 125 Å². The van der Waals surface area contributed by atoms with E-state index in [2.05, 4.69) is 15.5 Å². The fraction of sp³-hybridized carbons (Fsp3) is 0.316. The van der Waals surface area contributed by atoms with Gasteiger partial charge in [-0.05, 0) is 66.3 Å². The van der Waals surface area contributed by atoms with Gasteiger partial charge in [0.25, 0.3) is 0 Å². The number of esters is 1. The lowest BCUT2D eigenvalue weighted by Gasteiger charge is -2.41. The summed E-state index contributed by atoms with van der Waals surface area (Å²) in [5.74, 6) is -3.23. The minimum Gasteiger partial charge on any atom is -0.480 e. The Labute approximate surface area is 274 Å². The highest BCUT2D eigenvalue weighted by Gasteiger charge is 2.44. The molecule has 3 atom stereocenters. The summed E-state index contributed by atoms with van der Waals surface area (Å²) in [6, 6.07) is 29.6. The van der Waals surface area contributed by atoms with Crippen LogP contribution in [-0.4, -0.2) is 60.6 Å². The summed E-state index contributed by atoms with van der Waals surface area (Å²) in [6.45, 7) is 4.53. The molecule has 244 valence electrons. The average molecular weight is 636 g/mol. The van der Waals surface area contributed by atoms with Gasteiger partial charge in [0.15, 0.2) is 0 Å². The van der Waals surface area contributed by atoms with Gasteiger partial charge in [0.2, 0.25) is 11.8 Å². The van der Waals surface area contributed by atoms with Crippen molar-refractivity contribution in [2.45, 2.75) is 56.5 Å². The number of nitrogens with one attached hydrogen (secondary N) is 2. The molecule has 2 amide bonds. The highest BCUT2D eigenvalue weighted by molar-refractivity contribution is 5.91. The highest BCUT2D eigenvalue weighted by Crippen LogP contribution is 2.31.